The van der Waals surface area contributed by atoms with Crippen molar-refractivity contribution in [2.45, 2.75) is 25.3 Å². The maximum absolute atomic E-state index is 12.0. The predicted octanol–water partition coefficient (Wildman–Crippen LogP) is 0.935. The summed E-state index contributed by atoms with van der Waals surface area (Å²) < 4.78 is 28.2. The van der Waals surface area contributed by atoms with Crippen LogP contribution in [0.4, 0.5) is 0 Å². The van der Waals surface area contributed by atoms with Crippen LogP contribution in [0.5, 0.6) is 0 Å². The molecule has 6 nitrogen and oxygen atoms in total. The predicted molar refractivity (Wildman–Crippen MR) is 69.0 cm³/mol. The van der Waals surface area contributed by atoms with E-state index in [-0.39, 0.29) is 0 Å². The second-order valence-corrected chi connectivity index (χ2v) is 7.03. The van der Waals surface area contributed by atoms with E-state index in [1.807, 2.05) is 13.8 Å². The Morgan fingerprint density at radius 3 is 2.78 bits per heavy atom. The molecule has 0 saturated carbocycles. The van der Waals surface area contributed by atoms with Gasteiger partial charge in [-0.3, -0.25) is 4.68 Å². The zero-order valence-electron chi connectivity index (χ0n) is 10.1. The van der Waals surface area contributed by atoms with Crippen LogP contribution >= 0.6 is 11.3 Å². The highest BCUT2D eigenvalue weighted by molar-refractivity contribution is 7.89. The van der Waals surface area contributed by atoms with Crippen molar-refractivity contribution < 1.29 is 8.42 Å². The van der Waals surface area contributed by atoms with Gasteiger partial charge in [0.05, 0.1) is 11.4 Å². The van der Waals surface area contributed by atoms with E-state index in [9.17, 15) is 8.42 Å². The van der Waals surface area contributed by atoms with E-state index in [2.05, 4.69) is 14.8 Å². The third kappa shape index (κ3) is 2.95. The highest BCUT2D eigenvalue weighted by Gasteiger charge is 2.18. The third-order valence-electron chi connectivity index (χ3n) is 2.38. The Hall–Kier alpha value is -1.25. The number of hydrogen-bond acceptors (Lipinski definition) is 5. The van der Waals surface area contributed by atoms with E-state index >= 15 is 0 Å². The maximum atomic E-state index is 12.0. The van der Waals surface area contributed by atoms with Gasteiger partial charge in [-0.1, -0.05) is 0 Å². The fourth-order valence-electron chi connectivity index (χ4n) is 1.59. The quantitative estimate of drug-likeness (QED) is 0.887. The van der Waals surface area contributed by atoms with Gasteiger partial charge in [0, 0.05) is 16.3 Å². The van der Waals surface area contributed by atoms with Crippen molar-refractivity contribution in [3.8, 4) is 0 Å². The first-order valence-electron chi connectivity index (χ1n) is 5.38. The molecule has 0 saturated heterocycles. The topological polar surface area (TPSA) is 76.9 Å². The van der Waals surface area contributed by atoms with Gasteiger partial charge >= 0.3 is 0 Å². The average molecular weight is 286 g/mol. The third-order valence-corrected chi connectivity index (χ3v) is 5.07. The summed E-state index contributed by atoms with van der Waals surface area (Å²) in [5, 5.41) is 3.90. The number of sulfonamides is 1. The van der Waals surface area contributed by atoms with Gasteiger partial charge in [0.15, 0.2) is 0 Å². The average Bonchev–Trinajstić information content (AvgIpc) is 2.88. The van der Waals surface area contributed by atoms with Crippen LogP contribution in [0, 0.1) is 13.8 Å². The molecule has 1 N–H and O–H groups in total. The van der Waals surface area contributed by atoms with Crippen LogP contribution in [0.1, 0.15) is 9.75 Å². The highest BCUT2D eigenvalue weighted by atomic mass is 32.2. The Bertz CT molecular complexity index is 616. The van der Waals surface area contributed by atoms with Gasteiger partial charge in [-0.2, -0.15) is 5.10 Å². The Kier molecular flexibility index (Phi) is 3.79. The molecule has 0 bridgehead atoms. The van der Waals surface area contributed by atoms with Gasteiger partial charge < -0.3 is 0 Å². The molecule has 98 valence electrons. The summed E-state index contributed by atoms with van der Waals surface area (Å²) >= 11 is 1.48. The first kappa shape index (κ1) is 13.2. The summed E-state index contributed by atoms with van der Waals surface area (Å²) in [5.41, 5.74) is 0. The summed E-state index contributed by atoms with van der Waals surface area (Å²) in [5.74, 6) is 0. The molecule has 0 amide bonds. The van der Waals surface area contributed by atoms with Gasteiger partial charge in [0.1, 0.15) is 12.7 Å². The summed E-state index contributed by atoms with van der Waals surface area (Å²) in [7, 11) is -3.42. The van der Waals surface area contributed by atoms with E-state index in [0.29, 0.717) is 18.0 Å². The van der Waals surface area contributed by atoms with Crippen LogP contribution in [-0.2, 0) is 16.6 Å². The lowest BCUT2D eigenvalue weighted by Gasteiger charge is -2.05. The number of aromatic nitrogens is 3. The second-order valence-electron chi connectivity index (χ2n) is 3.83. The van der Waals surface area contributed by atoms with Crippen LogP contribution in [0.2, 0.25) is 0 Å². The molecule has 2 heterocycles. The Morgan fingerprint density at radius 2 is 2.22 bits per heavy atom. The lowest BCUT2D eigenvalue weighted by molar-refractivity contribution is 0.560. The lowest BCUT2D eigenvalue weighted by atomic mass is 10.4. The number of thiophene rings is 1. The van der Waals surface area contributed by atoms with E-state index in [1.165, 1.54) is 17.7 Å². The largest absolute Gasteiger partial charge is 0.252 e. The minimum absolute atomic E-state index is 0.292. The Labute approximate surface area is 110 Å². The lowest BCUT2D eigenvalue weighted by Crippen LogP contribution is -2.27. The monoisotopic (exact) mass is 286 g/mol. The van der Waals surface area contributed by atoms with Crippen molar-refractivity contribution in [3.05, 3.63) is 28.5 Å². The van der Waals surface area contributed by atoms with E-state index in [0.717, 1.165) is 9.75 Å². The van der Waals surface area contributed by atoms with Crippen molar-refractivity contribution in [2.24, 2.45) is 0 Å². The summed E-state index contributed by atoms with van der Waals surface area (Å²) in [6, 6.07) is 1.69. The van der Waals surface area contributed by atoms with Crippen molar-refractivity contribution in [3.63, 3.8) is 0 Å². The van der Waals surface area contributed by atoms with E-state index in [4.69, 9.17) is 0 Å². The molecule has 2 aromatic heterocycles. The first-order valence-corrected chi connectivity index (χ1v) is 7.68. The van der Waals surface area contributed by atoms with Crippen molar-refractivity contribution in [1.29, 1.82) is 0 Å². The van der Waals surface area contributed by atoms with Gasteiger partial charge in [-0.05, 0) is 19.9 Å². The molecule has 2 aromatic rings. The Morgan fingerprint density at radius 1 is 1.44 bits per heavy atom. The molecule has 0 aliphatic carbocycles. The van der Waals surface area contributed by atoms with Crippen molar-refractivity contribution in [1.82, 2.24) is 19.5 Å². The van der Waals surface area contributed by atoms with Crippen LogP contribution in [0.3, 0.4) is 0 Å². The van der Waals surface area contributed by atoms with Gasteiger partial charge in [0.2, 0.25) is 10.0 Å². The number of nitrogens with one attached hydrogen (secondary N) is 1. The molecular formula is C10H14N4O2S2. The zero-order chi connectivity index (χ0) is 13.2. The molecular weight excluding hydrogens is 272 g/mol. The summed E-state index contributed by atoms with van der Waals surface area (Å²) in [6.45, 7) is 4.46. The minimum Gasteiger partial charge on any atom is -0.252 e. The van der Waals surface area contributed by atoms with Gasteiger partial charge in [-0.15, -0.1) is 11.3 Å². The van der Waals surface area contributed by atoms with Crippen LogP contribution in [-0.4, -0.2) is 29.7 Å². The fourth-order valence-corrected chi connectivity index (χ4v) is 4.17. The number of aryl methyl sites for hydroxylation is 2. The molecule has 0 spiro atoms. The molecule has 0 atom stereocenters. The molecule has 8 heteroatoms. The summed E-state index contributed by atoms with van der Waals surface area (Å²) in [6.07, 6.45) is 2.97. The highest BCUT2D eigenvalue weighted by Crippen LogP contribution is 2.24. The van der Waals surface area contributed by atoms with Gasteiger partial charge in [-0.25, -0.2) is 18.1 Å². The molecule has 0 aromatic carbocycles. The normalized spacial score (nSPS) is 11.9. The van der Waals surface area contributed by atoms with E-state index in [1.54, 1.807) is 17.1 Å². The smallest absolute Gasteiger partial charge is 0.241 e. The maximum Gasteiger partial charge on any atom is 0.241 e. The van der Waals surface area contributed by atoms with Crippen molar-refractivity contribution in [2.75, 3.05) is 6.54 Å². The zero-order valence-corrected chi connectivity index (χ0v) is 11.8. The molecule has 2 rings (SSSR count). The second kappa shape index (κ2) is 5.17. The van der Waals surface area contributed by atoms with Crippen molar-refractivity contribution >= 4 is 21.4 Å². The molecule has 0 aliphatic rings. The number of hydrogen-bond donors (Lipinski definition) is 1. The van der Waals surface area contributed by atoms with Crippen LogP contribution in [0.25, 0.3) is 0 Å². The number of nitrogens with zero attached hydrogens (tertiary/aromatic N) is 3. The molecule has 0 aliphatic heterocycles. The van der Waals surface area contributed by atoms with E-state index < -0.39 is 10.0 Å². The number of rotatable bonds is 5. The molecule has 0 unspecified atom stereocenters. The molecule has 0 radical (unpaired) electrons. The standard InChI is InChI=1S/C10H14N4O2S2/c1-8-5-10(9(2)17-8)18(15,16)13-3-4-14-7-11-6-12-14/h5-7,13H,3-4H2,1-2H3. The molecule has 18 heavy (non-hydrogen) atoms. The molecule has 0 fully saturated rings. The first-order chi connectivity index (χ1) is 8.49. The van der Waals surface area contributed by atoms with Gasteiger partial charge in [0.25, 0.3) is 0 Å². The SMILES string of the molecule is Cc1cc(S(=O)(=O)NCCn2cncn2)c(C)s1. The van der Waals surface area contributed by atoms with Crippen LogP contribution in [0.15, 0.2) is 23.6 Å². The minimum atomic E-state index is -3.42. The van der Waals surface area contributed by atoms with Crippen LogP contribution < -0.4 is 4.72 Å². The Balaban J connectivity index is 2.02. The fraction of sp³-hybridized carbons (Fsp3) is 0.400. The summed E-state index contributed by atoms with van der Waals surface area (Å²) in [4.78, 5) is 5.95.